The van der Waals surface area contributed by atoms with Crippen molar-refractivity contribution in [2.45, 2.75) is 329 Å². The lowest BCUT2D eigenvalue weighted by molar-refractivity contribution is -0.161. The van der Waals surface area contributed by atoms with Gasteiger partial charge in [0.15, 0.2) is 12.2 Å². The third-order valence-electron chi connectivity index (χ3n) is 15.1. The number of aliphatic hydroxyl groups excluding tert-OH is 1. The summed E-state index contributed by atoms with van der Waals surface area (Å²) in [6.45, 7) is 4.63. The number of allylic oxidation sites excluding steroid dienone is 12. The van der Waals surface area contributed by atoms with E-state index in [-0.39, 0.29) is 25.7 Å². The Labute approximate surface area is 558 Å². The van der Waals surface area contributed by atoms with E-state index in [1.165, 1.54) is 51.4 Å². The van der Waals surface area contributed by atoms with E-state index in [1.54, 1.807) is 0 Å². The Hall–Kier alpha value is -3.50. The van der Waals surface area contributed by atoms with Crippen LogP contribution in [0, 0.1) is 0 Å². The van der Waals surface area contributed by atoms with E-state index < -0.39 is 97.5 Å². The fourth-order valence-electron chi connectivity index (χ4n) is 9.61. The van der Waals surface area contributed by atoms with Gasteiger partial charge in [-0.3, -0.25) is 37.3 Å². The summed E-state index contributed by atoms with van der Waals surface area (Å²) in [6.07, 6.45) is 63.4. The van der Waals surface area contributed by atoms with Crippen LogP contribution in [0.2, 0.25) is 0 Å². The number of unbranched alkanes of at least 4 members (excludes halogenated alkanes) is 30. The van der Waals surface area contributed by atoms with Crippen LogP contribution in [0.1, 0.15) is 310 Å². The number of phosphoric ester groups is 2. The number of hydrogen-bond acceptors (Lipinski definition) is 15. The van der Waals surface area contributed by atoms with Gasteiger partial charge in [0.05, 0.1) is 26.4 Å². The maximum Gasteiger partial charge on any atom is 0.472 e. The Kier molecular flexibility index (Phi) is 63.6. The molecule has 0 fully saturated rings. The summed E-state index contributed by atoms with van der Waals surface area (Å²) in [4.78, 5) is 72.6. The molecular formula is C73H130O17P2. The average molecular weight is 1340 g/mol. The molecule has 3 N–H and O–H groups in total. The minimum absolute atomic E-state index is 0.0784. The average Bonchev–Trinajstić information content (AvgIpc) is 2.89. The molecule has 19 heteroatoms. The van der Waals surface area contributed by atoms with Crippen LogP contribution in [-0.2, 0) is 65.4 Å². The SMILES string of the molecule is CC/C=C\C/C=C\C/C=C\CCCCCCCCCC(=O)OCC(COP(=O)(O)OCC(O)COP(=O)(O)OCC(COC(=O)CCCCCCC/C=C\CCCC)OC(=O)CCCCCCCCCCCCC)OC(=O)CCCCCCC/C=C\C/C=C\CCC. The van der Waals surface area contributed by atoms with Crippen molar-refractivity contribution in [3.05, 3.63) is 72.9 Å². The first-order chi connectivity index (χ1) is 44.7. The minimum atomic E-state index is -4.97. The topological polar surface area (TPSA) is 237 Å². The third-order valence-corrected chi connectivity index (χ3v) is 17.0. The van der Waals surface area contributed by atoms with Gasteiger partial charge in [-0.1, -0.05) is 255 Å². The van der Waals surface area contributed by atoms with Gasteiger partial charge in [0.25, 0.3) is 0 Å². The lowest BCUT2D eigenvalue weighted by Crippen LogP contribution is -2.30. The molecule has 0 aromatic rings. The zero-order chi connectivity index (χ0) is 67.5. The third kappa shape index (κ3) is 65.2. The zero-order valence-electron chi connectivity index (χ0n) is 58.0. The van der Waals surface area contributed by atoms with Crippen molar-refractivity contribution in [2.24, 2.45) is 0 Å². The molecule has 0 bridgehead atoms. The fraction of sp³-hybridized carbons (Fsp3) is 0.781. The molecule has 92 heavy (non-hydrogen) atoms. The second-order valence-corrected chi connectivity index (χ2v) is 27.1. The number of aliphatic hydroxyl groups is 1. The number of hydrogen-bond donors (Lipinski definition) is 3. The highest BCUT2D eigenvalue weighted by molar-refractivity contribution is 7.47. The first-order valence-electron chi connectivity index (χ1n) is 36.2. The van der Waals surface area contributed by atoms with E-state index >= 15 is 0 Å². The van der Waals surface area contributed by atoms with Gasteiger partial charge >= 0.3 is 39.5 Å². The van der Waals surface area contributed by atoms with E-state index in [2.05, 4.69) is 101 Å². The van der Waals surface area contributed by atoms with Crippen LogP contribution in [0.3, 0.4) is 0 Å². The number of carbonyl (C=O) groups excluding carboxylic acids is 4. The van der Waals surface area contributed by atoms with E-state index in [1.807, 2.05) is 0 Å². The maximum absolute atomic E-state index is 13.0. The van der Waals surface area contributed by atoms with Crippen molar-refractivity contribution in [1.29, 1.82) is 0 Å². The normalized spacial score (nSPS) is 14.5. The van der Waals surface area contributed by atoms with Crippen LogP contribution < -0.4 is 0 Å². The standard InChI is InChI=1S/C73H130O17P2/c1-5-9-13-17-21-25-29-31-32-33-34-36-39-42-46-50-54-58-71(76)84-64-69(90-73(78)60-56-52-48-44-40-35-30-26-22-18-14-10-6-2)66-88-92(81,82)86-62-67(74)61-85-91(79,80)87-65-68(89-72(77)59-55-51-47-43-38-28-24-20-16-12-8-4)63-83-70(75)57-53-49-45-41-37-27-23-19-15-11-7-3/h9,13-14,18-19,21,23,25-26,30-32,67-69,74H,5-8,10-12,15-17,20,22,24,27-29,33-66H2,1-4H3,(H,79,80)(H,81,82)/b13-9-,18-14-,23-19-,25-21-,30-26-,32-31-. The summed E-state index contributed by atoms with van der Waals surface area (Å²) in [5.74, 6) is -2.19. The summed E-state index contributed by atoms with van der Waals surface area (Å²) >= 11 is 0. The highest BCUT2D eigenvalue weighted by Gasteiger charge is 2.30. The highest BCUT2D eigenvalue weighted by Crippen LogP contribution is 2.45. The molecule has 0 saturated heterocycles. The van der Waals surface area contributed by atoms with Crippen molar-refractivity contribution in [3.8, 4) is 0 Å². The van der Waals surface area contributed by atoms with Crippen molar-refractivity contribution < 1.29 is 80.2 Å². The summed E-state index contributed by atoms with van der Waals surface area (Å²) in [5, 5.41) is 10.6. The molecule has 0 radical (unpaired) electrons. The Morgan fingerprint density at radius 3 is 0.957 bits per heavy atom. The van der Waals surface area contributed by atoms with Crippen molar-refractivity contribution in [1.82, 2.24) is 0 Å². The molecule has 0 rings (SSSR count). The van der Waals surface area contributed by atoms with Gasteiger partial charge in [-0.05, 0) is 103 Å². The van der Waals surface area contributed by atoms with Crippen molar-refractivity contribution >= 4 is 39.5 Å². The number of rotatable bonds is 68. The van der Waals surface area contributed by atoms with Gasteiger partial charge in [-0.2, -0.15) is 0 Å². The summed E-state index contributed by atoms with van der Waals surface area (Å²) in [7, 11) is -9.93. The van der Waals surface area contributed by atoms with Crippen molar-refractivity contribution in [2.75, 3.05) is 39.6 Å². The van der Waals surface area contributed by atoms with Gasteiger partial charge in [-0.25, -0.2) is 9.13 Å². The highest BCUT2D eigenvalue weighted by atomic mass is 31.2. The molecule has 0 aromatic carbocycles. The summed E-state index contributed by atoms with van der Waals surface area (Å²) in [6, 6.07) is 0. The summed E-state index contributed by atoms with van der Waals surface area (Å²) in [5.41, 5.74) is 0. The minimum Gasteiger partial charge on any atom is -0.462 e. The largest absolute Gasteiger partial charge is 0.472 e. The van der Waals surface area contributed by atoms with Crippen molar-refractivity contribution in [3.63, 3.8) is 0 Å². The first-order valence-corrected chi connectivity index (χ1v) is 39.2. The van der Waals surface area contributed by atoms with Gasteiger partial charge in [0.2, 0.25) is 0 Å². The zero-order valence-corrected chi connectivity index (χ0v) is 59.8. The van der Waals surface area contributed by atoms with Crippen LogP contribution in [0.4, 0.5) is 0 Å². The maximum atomic E-state index is 13.0. The van der Waals surface area contributed by atoms with Crippen LogP contribution >= 0.6 is 15.6 Å². The lowest BCUT2D eigenvalue weighted by Gasteiger charge is -2.21. The molecule has 0 aliphatic carbocycles. The van der Waals surface area contributed by atoms with Gasteiger partial charge in [0, 0.05) is 25.7 Å². The molecule has 534 valence electrons. The Bertz CT molecular complexity index is 2040. The second kappa shape index (κ2) is 66.1. The van der Waals surface area contributed by atoms with E-state index in [4.69, 9.17) is 37.0 Å². The molecule has 0 aromatic heterocycles. The molecule has 0 aliphatic rings. The Balaban J connectivity index is 5.30. The number of carbonyl (C=O) groups is 4. The van der Waals surface area contributed by atoms with Crippen LogP contribution in [-0.4, -0.2) is 96.7 Å². The number of ether oxygens (including phenoxy) is 4. The van der Waals surface area contributed by atoms with Crippen LogP contribution in [0.15, 0.2) is 72.9 Å². The second-order valence-electron chi connectivity index (χ2n) is 24.2. The molecule has 17 nitrogen and oxygen atoms in total. The molecule has 5 atom stereocenters. The molecule has 0 saturated carbocycles. The predicted octanol–water partition coefficient (Wildman–Crippen LogP) is 20.1. The number of esters is 4. The molecule has 0 spiro atoms. The smallest absolute Gasteiger partial charge is 0.462 e. The molecule has 0 amide bonds. The van der Waals surface area contributed by atoms with E-state index in [0.29, 0.717) is 25.7 Å². The first kappa shape index (κ1) is 88.5. The molecule has 0 aliphatic heterocycles. The van der Waals surface area contributed by atoms with Gasteiger partial charge in [0.1, 0.15) is 19.3 Å². The van der Waals surface area contributed by atoms with Crippen LogP contribution in [0.25, 0.3) is 0 Å². The molecule has 0 heterocycles. The molecule has 5 unspecified atom stereocenters. The van der Waals surface area contributed by atoms with Crippen LogP contribution in [0.5, 0.6) is 0 Å². The Morgan fingerprint density at radius 2 is 0.598 bits per heavy atom. The fourth-order valence-corrected chi connectivity index (χ4v) is 11.2. The van der Waals surface area contributed by atoms with E-state index in [0.717, 1.165) is 180 Å². The monoisotopic (exact) mass is 1340 g/mol. The van der Waals surface area contributed by atoms with Gasteiger partial charge < -0.3 is 33.8 Å². The lowest BCUT2D eigenvalue weighted by atomic mass is 10.1. The van der Waals surface area contributed by atoms with Gasteiger partial charge in [-0.15, -0.1) is 0 Å². The predicted molar refractivity (Wildman–Crippen MR) is 372 cm³/mol. The molecular weight excluding hydrogens is 1210 g/mol. The Morgan fingerprint density at radius 1 is 0.315 bits per heavy atom. The quantitative estimate of drug-likeness (QED) is 0.0169. The number of phosphoric acid groups is 2. The summed E-state index contributed by atoms with van der Waals surface area (Å²) < 4.78 is 68.2. The van der Waals surface area contributed by atoms with E-state index in [9.17, 15) is 43.2 Å².